The van der Waals surface area contributed by atoms with Crippen molar-refractivity contribution >= 4 is 5.91 Å². The molecule has 4 nitrogen and oxygen atoms in total. The molecular weight excluding hydrogens is 372 g/mol. The van der Waals surface area contributed by atoms with Gasteiger partial charge in [0.05, 0.1) is 6.10 Å². The lowest BCUT2D eigenvalue weighted by atomic mass is 9.93. The number of benzene rings is 2. The lowest BCUT2D eigenvalue weighted by Gasteiger charge is -2.18. The van der Waals surface area contributed by atoms with E-state index in [0.29, 0.717) is 19.5 Å². The molecule has 1 atom stereocenters. The molecule has 3 N–H and O–H groups in total. The molecule has 160 valence electrons. The Morgan fingerprint density at radius 3 is 2.13 bits per heavy atom. The summed E-state index contributed by atoms with van der Waals surface area (Å²) in [5, 5.41) is 16.6. The number of carbonyl (C=O) groups excluding carboxylic acids is 1. The van der Waals surface area contributed by atoms with Crippen molar-refractivity contribution in [2.75, 3.05) is 19.6 Å². The zero-order valence-electron chi connectivity index (χ0n) is 17.8. The van der Waals surface area contributed by atoms with Gasteiger partial charge in [0.15, 0.2) is 0 Å². The van der Waals surface area contributed by atoms with Gasteiger partial charge in [-0.1, -0.05) is 74.2 Å². The highest BCUT2D eigenvalue weighted by atomic mass is 16.3. The number of amides is 1. The maximum atomic E-state index is 12.6. The molecule has 1 unspecified atom stereocenters. The van der Waals surface area contributed by atoms with Crippen LogP contribution in [0, 0.1) is 5.92 Å². The van der Waals surface area contributed by atoms with E-state index in [1.165, 1.54) is 60.8 Å². The monoisotopic (exact) mass is 406 g/mol. The van der Waals surface area contributed by atoms with E-state index in [-0.39, 0.29) is 11.8 Å². The van der Waals surface area contributed by atoms with Crippen LogP contribution in [0.1, 0.15) is 62.0 Å². The van der Waals surface area contributed by atoms with Gasteiger partial charge in [-0.25, -0.2) is 0 Å². The van der Waals surface area contributed by atoms with E-state index < -0.39 is 6.10 Å². The van der Waals surface area contributed by atoms with Crippen molar-refractivity contribution in [3.05, 3.63) is 59.7 Å². The number of aliphatic hydroxyl groups is 1. The molecule has 0 radical (unpaired) electrons. The maximum absolute atomic E-state index is 12.6. The van der Waals surface area contributed by atoms with Gasteiger partial charge in [0.25, 0.3) is 0 Å². The van der Waals surface area contributed by atoms with Crippen LogP contribution in [-0.2, 0) is 4.79 Å². The SMILES string of the molecule is O=C(CC1c2ccccc2-c2ccccc21)NCC(O)CNCC1CCCCCC1. The third-order valence-electron chi connectivity index (χ3n) is 6.67. The summed E-state index contributed by atoms with van der Waals surface area (Å²) < 4.78 is 0. The Kier molecular flexibility index (Phi) is 7.19. The summed E-state index contributed by atoms with van der Waals surface area (Å²) in [4.78, 5) is 12.6. The largest absolute Gasteiger partial charge is 0.390 e. The van der Waals surface area contributed by atoms with E-state index in [2.05, 4.69) is 47.0 Å². The van der Waals surface area contributed by atoms with Gasteiger partial charge in [-0.2, -0.15) is 0 Å². The van der Waals surface area contributed by atoms with Crippen molar-refractivity contribution in [2.24, 2.45) is 5.92 Å². The second-order valence-corrected chi connectivity index (χ2v) is 8.90. The summed E-state index contributed by atoms with van der Waals surface area (Å²) in [6, 6.07) is 16.7. The van der Waals surface area contributed by atoms with Gasteiger partial charge in [-0.3, -0.25) is 4.79 Å². The maximum Gasteiger partial charge on any atom is 0.221 e. The van der Waals surface area contributed by atoms with Crippen LogP contribution in [0.5, 0.6) is 0 Å². The summed E-state index contributed by atoms with van der Waals surface area (Å²) >= 11 is 0. The van der Waals surface area contributed by atoms with Crippen molar-refractivity contribution in [3.8, 4) is 11.1 Å². The Hall–Kier alpha value is -2.17. The van der Waals surface area contributed by atoms with Crippen molar-refractivity contribution in [3.63, 3.8) is 0 Å². The van der Waals surface area contributed by atoms with Crippen LogP contribution in [0.3, 0.4) is 0 Å². The van der Waals surface area contributed by atoms with E-state index in [4.69, 9.17) is 0 Å². The molecule has 0 spiro atoms. The molecule has 2 aliphatic carbocycles. The van der Waals surface area contributed by atoms with Crippen LogP contribution in [0.25, 0.3) is 11.1 Å². The second kappa shape index (κ2) is 10.2. The first kappa shape index (κ1) is 21.1. The van der Waals surface area contributed by atoms with Crippen molar-refractivity contribution in [1.29, 1.82) is 0 Å². The molecule has 4 rings (SSSR count). The average Bonchev–Trinajstić information content (AvgIpc) is 2.91. The molecule has 30 heavy (non-hydrogen) atoms. The first-order chi connectivity index (χ1) is 14.7. The zero-order chi connectivity index (χ0) is 20.8. The van der Waals surface area contributed by atoms with Gasteiger partial charge in [0.2, 0.25) is 5.91 Å². The van der Waals surface area contributed by atoms with Crippen LogP contribution >= 0.6 is 0 Å². The molecule has 4 heteroatoms. The van der Waals surface area contributed by atoms with Crippen LogP contribution in [-0.4, -0.2) is 36.8 Å². The normalized spacial score (nSPS) is 17.8. The number of aliphatic hydroxyl groups excluding tert-OH is 1. The van der Waals surface area contributed by atoms with Crippen LogP contribution < -0.4 is 10.6 Å². The smallest absolute Gasteiger partial charge is 0.221 e. The minimum atomic E-state index is -0.553. The van der Waals surface area contributed by atoms with Crippen LogP contribution in [0.2, 0.25) is 0 Å². The predicted octanol–water partition coefficient (Wildman–Crippen LogP) is 4.23. The standard InChI is InChI=1S/C26H34N2O2/c29-20(17-27-16-19-9-3-1-2-4-10-19)18-28-26(30)15-25-23-13-7-5-11-21(23)22-12-6-8-14-24(22)25/h5-8,11-14,19-20,25,27,29H,1-4,9-10,15-18H2,(H,28,30). The first-order valence-corrected chi connectivity index (χ1v) is 11.6. The molecule has 0 bridgehead atoms. The van der Waals surface area contributed by atoms with Gasteiger partial charge < -0.3 is 15.7 Å². The lowest BCUT2D eigenvalue weighted by Crippen LogP contribution is -2.39. The number of hydrogen-bond acceptors (Lipinski definition) is 3. The second-order valence-electron chi connectivity index (χ2n) is 8.90. The van der Waals surface area contributed by atoms with Gasteiger partial charge in [0, 0.05) is 25.4 Å². The molecule has 0 heterocycles. The summed E-state index contributed by atoms with van der Waals surface area (Å²) in [7, 11) is 0. The number of fused-ring (bicyclic) bond motifs is 3. The fraction of sp³-hybridized carbons (Fsp3) is 0.500. The third kappa shape index (κ3) is 5.11. The Balaban J connectivity index is 1.24. The molecule has 2 aromatic carbocycles. The van der Waals surface area contributed by atoms with Crippen LogP contribution in [0.4, 0.5) is 0 Å². The highest BCUT2D eigenvalue weighted by molar-refractivity contribution is 5.84. The predicted molar refractivity (Wildman–Crippen MR) is 121 cm³/mol. The molecule has 2 aliphatic rings. The van der Waals surface area contributed by atoms with Gasteiger partial charge in [-0.15, -0.1) is 0 Å². The molecule has 2 aromatic rings. The van der Waals surface area contributed by atoms with Crippen molar-refractivity contribution in [2.45, 2.75) is 57.0 Å². The fourth-order valence-electron chi connectivity index (χ4n) is 5.06. The quantitative estimate of drug-likeness (QED) is 0.575. The number of rotatable bonds is 8. The zero-order valence-corrected chi connectivity index (χ0v) is 17.8. The Morgan fingerprint density at radius 2 is 1.50 bits per heavy atom. The molecule has 1 saturated carbocycles. The number of carbonyl (C=O) groups is 1. The Morgan fingerprint density at radius 1 is 0.900 bits per heavy atom. The van der Waals surface area contributed by atoms with E-state index in [9.17, 15) is 9.90 Å². The summed E-state index contributed by atoms with van der Waals surface area (Å²) in [6.45, 7) is 1.80. The lowest BCUT2D eigenvalue weighted by molar-refractivity contribution is -0.121. The first-order valence-electron chi connectivity index (χ1n) is 11.6. The molecule has 0 aliphatic heterocycles. The summed E-state index contributed by atoms with van der Waals surface area (Å²) in [5.41, 5.74) is 4.90. The average molecular weight is 407 g/mol. The van der Waals surface area contributed by atoms with E-state index in [1.807, 2.05) is 12.1 Å². The minimum Gasteiger partial charge on any atom is -0.390 e. The van der Waals surface area contributed by atoms with E-state index in [0.717, 1.165) is 12.5 Å². The minimum absolute atomic E-state index is 0.00526. The number of hydrogen-bond donors (Lipinski definition) is 3. The topological polar surface area (TPSA) is 61.4 Å². The molecular formula is C26H34N2O2. The summed E-state index contributed by atoms with van der Waals surface area (Å²) in [5.74, 6) is 0.814. The van der Waals surface area contributed by atoms with Gasteiger partial charge in [0.1, 0.15) is 0 Å². The molecule has 0 saturated heterocycles. The van der Waals surface area contributed by atoms with Crippen molar-refractivity contribution in [1.82, 2.24) is 10.6 Å². The molecule has 1 amide bonds. The Bertz CT molecular complexity index is 797. The highest BCUT2D eigenvalue weighted by Crippen LogP contribution is 2.45. The molecule has 0 aromatic heterocycles. The van der Waals surface area contributed by atoms with Gasteiger partial charge >= 0.3 is 0 Å². The third-order valence-corrected chi connectivity index (χ3v) is 6.67. The fourth-order valence-corrected chi connectivity index (χ4v) is 5.06. The van der Waals surface area contributed by atoms with E-state index >= 15 is 0 Å². The number of nitrogens with one attached hydrogen (secondary N) is 2. The summed E-state index contributed by atoms with van der Waals surface area (Å²) in [6.07, 6.45) is 7.84. The van der Waals surface area contributed by atoms with E-state index in [1.54, 1.807) is 0 Å². The van der Waals surface area contributed by atoms with Crippen molar-refractivity contribution < 1.29 is 9.90 Å². The highest BCUT2D eigenvalue weighted by Gasteiger charge is 2.29. The van der Waals surface area contributed by atoms with Gasteiger partial charge in [-0.05, 0) is 47.6 Å². The van der Waals surface area contributed by atoms with Crippen LogP contribution in [0.15, 0.2) is 48.5 Å². The molecule has 1 fully saturated rings. The Labute approximate surface area is 180 Å².